The molecule has 0 spiro atoms. The molecule has 268 valence electrons. The fourth-order valence-corrected chi connectivity index (χ4v) is 6.38. The number of carboxylic acid groups (broad SMARTS) is 3. The van der Waals surface area contributed by atoms with Gasteiger partial charge in [-0.3, -0.25) is 19.2 Å². The summed E-state index contributed by atoms with van der Waals surface area (Å²) in [6.07, 6.45) is 3.40. The van der Waals surface area contributed by atoms with Crippen LogP contribution in [0.1, 0.15) is 73.2 Å². The summed E-state index contributed by atoms with van der Waals surface area (Å²) < 4.78 is 13.3. The zero-order valence-corrected chi connectivity index (χ0v) is 28.7. The van der Waals surface area contributed by atoms with E-state index in [0.717, 1.165) is 63.8 Å². The number of benzene rings is 2. The summed E-state index contributed by atoms with van der Waals surface area (Å²) in [6.45, 7) is 4.23. The number of likely N-dealkylation sites (tertiary alicyclic amines) is 2. The lowest BCUT2D eigenvalue weighted by atomic mass is 9.93. The van der Waals surface area contributed by atoms with Crippen LogP contribution in [0.5, 0.6) is 0 Å². The maximum absolute atomic E-state index is 13.3. The minimum Gasteiger partial charge on any atom is -0.481 e. The standard InChI is InChI=1S/C28H34Cl2FN3O2.C6H8O7/c1-32(28(36)20-5-8-23(31)9-6-20)19-22(21-7-10-25(29)26(30)18-21)11-15-33-16-12-24(13-17-33)34-14-3-2-4-27(34)35;7-3(8)1-6(13,5(11)12)2-4(9)10/h5-10,18,22,24H,2-4,11-17,19H2,1H3;13H,1-2H2,(H,7,8)(H,9,10)(H,11,12)/t22-;/m1./s1. The lowest BCUT2D eigenvalue weighted by Crippen LogP contribution is -2.49. The molecule has 0 aromatic heterocycles. The van der Waals surface area contributed by atoms with Crippen LogP contribution in [0.4, 0.5) is 4.39 Å². The Morgan fingerprint density at radius 3 is 2.08 bits per heavy atom. The Morgan fingerprint density at radius 1 is 0.939 bits per heavy atom. The van der Waals surface area contributed by atoms with Gasteiger partial charge in [0.05, 0.1) is 22.9 Å². The SMILES string of the molecule is CN(C[C@@H](CCN1CCC(N2CCCCC2=O)CC1)c1ccc(Cl)c(Cl)c1)C(=O)c1ccc(F)cc1.O=C(O)CC(O)(CC(=O)O)C(=O)O. The number of hydrogen-bond donors (Lipinski definition) is 4. The number of carboxylic acids is 3. The highest BCUT2D eigenvalue weighted by Crippen LogP contribution is 2.30. The van der Waals surface area contributed by atoms with Crippen LogP contribution in [-0.4, -0.2) is 116 Å². The molecule has 2 aliphatic heterocycles. The van der Waals surface area contributed by atoms with Crippen molar-refractivity contribution in [2.24, 2.45) is 0 Å². The molecule has 2 saturated heterocycles. The van der Waals surface area contributed by atoms with Crippen molar-refractivity contribution in [2.75, 3.05) is 39.8 Å². The van der Waals surface area contributed by atoms with Gasteiger partial charge in [0.1, 0.15) is 5.82 Å². The second-order valence-corrected chi connectivity index (χ2v) is 13.3. The van der Waals surface area contributed by atoms with E-state index in [-0.39, 0.29) is 17.6 Å². The molecule has 4 N–H and O–H groups in total. The number of amides is 2. The molecule has 0 unspecified atom stereocenters. The molecule has 0 aliphatic carbocycles. The Kier molecular flexibility index (Phi) is 14.8. The highest BCUT2D eigenvalue weighted by molar-refractivity contribution is 6.42. The number of carbonyl (C=O) groups excluding carboxylic acids is 2. The third-order valence-electron chi connectivity index (χ3n) is 8.78. The summed E-state index contributed by atoms with van der Waals surface area (Å²) in [5, 5.41) is 34.8. The summed E-state index contributed by atoms with van der Waals surface area (Å²) in [4.78, 5) is 62.0. The first-order valence-corrected chi connectivity index (χ1v) is 16.7. The highest BCUT2D eigenvalue weighted by atomic mass is 35.5. The Morgan fingerprint density at radius 2 is 1.55 bits per heavy atom. The van der Waals surface area contributed by atoms with E-state index in [1.54, 1.807) is 18.0 Å². The van der Waals surface area contributed by atoms with Crippen molar-refractivity contribution < 1.29 is 48.8 Å². The average Bonchev–Trinajstić information content (AvgIpc) is 3.04. The average molecular weight is 727 g/mol. The van der Waals surface area contributed by atoms with Crippen LogP contribution in [-0.2, 0) is 19.2 Å². The van der Waals surface area contributed by atoms with Crippen molar-refractivity contribution in [3.05, 3.63) is 69.5 Å². The monoisotopic (exact) mass is 725 g/mol. The third-order valence-corrected chi connectivity index (χ3v) is 9.52. The summed E-state index contributed by atoms with van der Waals surface area (Å²) >= 11 is 12.5. The Hall–Kier alpha value is -3.78. The van der Waals surface area contributed by atoms with Gasteiger partial charge in [-0.25, -0.2) is 9.18 Å². The molecule has 15 heteroatoms. The lowest BCUT2D eigenvalue weighted by Gasteiger charge is -2.40. The van der Waals surface area contributed by atoms with Crippen molar-refractivity contribution >= 4 is 52.9 Å². The van der Waals surface area contributed by atoms with Gasteiger partial charge in [0, 0.05) is 57.2 Å². The predicted molar refractivity (Wildman–Crippen MR) is 179 cm³/mol. The van der Waals surface area contributed by atoms with Gasteiger partial charge in [0.25, 0.3) is 5.91 Å². The Balaban J connectivity index is 0.000000425. The zero-order valence-electron chi connectivity index (χ0n) is 27.2. The molecule has 2 aromatic rings. The van der Waals surface area contributed by atoms with Crippen molar-refractivity contribution in [1.82, 2.24) is 14.7 Å². The number of halogens is 3. The van der Waals surface area contributed by atoms with E-state index >= 15 is 0 Å². The molecule has 2 aromatic carbocycles. The van der Waals surface area contributed by atoms with E-state index < -0.39 is 36.4 Å². The van der Waals surface area contributed by atoms with Gasteiger partial charge in [-0.2, -0.15) is 0 Å². The third kappa shape index (κ3) is 11.9. The number of nitrogens with zero attached hydrogens (tertiary/aromatic N) is 3. The van der Waals surface area contributed by atoms with Crippen LogP contribution in [0.25, 0.3) is 0 Å². The molecule has 0 radical (unpaired) electrons. The Labute approximate surface area is 294 Å². The fraction of sp³-hybridized carbons (Fsp3) is 0.500. The van der Waals surface area contributed by atoms with Crippen LogP contribution in [0.3, 0.4) is 0 Å². The molecular weight excluding hydrogens is 684 g/mol. The topological polar surface area (TPSA) is 176 Å². The molecule has 0 bridgehead atoms. The van der Waals surface area contributed by atoms with Crippen LogP contribution >= 0.6 is 23.2 Å². The molecule has 2 amide bonds. The summed E-state index contributed by atoms with van der Waals surface area (Å²) in [5.41, 5.74) is -1.24. The second-order valence-electron chi connectivity index (χ2n) is 12.4. The van der Waals surface area contributed by atoms with Gasteiger partial charge < -0.3 is 35.1 Å². The van der Waals surface area contributed by atoms with Crippen LogP contribution in [0, 0.1) is 5.82 Å². The molecule has 2 fully saturated rings. The molecular formula is C34H42Cl2FN3O9. The molecule has 49 heavy (non-hydrogen) atoms. The van der Waals surface area contributed by atoms with E-state index in [1.807, 2.05) is 12.1 Å². The Bertz CT molecular complexity index is 1470. The van der Waals surface area contributed by atoms with Crippen molar-refractivity contribution in [3.63, 3.8) is 0 Å². The van der Waals surface area contributed by atoms with Gasteiger partial charge in [0.2, 0.25) is 5.91 Å². The van der Waals surface area contributed by atoms with Gasteiger partial charge >= 0.3 is 17.9 Å². The fourth-order valence-electron chi connectivity index (χ4n) is 6.08. The van der Waals surface area contributed by atoms with E-state index in [4.69, 9.17) is 43.6 Å². The minimum absolute atomic E-state index is 0.0653. The maximum atomic E-state index is 13.3. The number of rotatable bonds is 13. The number of piperidine rings is 2. The molecule has 4 rings (SSSR count). The summed E-state index contributed by atoms with van der Waals surface area (Å²) in [7, 11) is 1.78. The van der Waals surface area contributed by atoms with Crippen molar-refractivity contribution in [3.8, 4) is 0 Å². The number of aliphatic hydroxyl groups is 1. The molecule has 2 heterocycles. The summed E-state index contributed by atoms with van der Waals surface area (Å²) in [6, 6.07) is 11.7. The predicted octanol–water partition coefficient (Wildman–Crippen LogP) is 4.61. The van der Waals surface area contributed by atoms with E-state index in [2.05, 4.69) is 9.80 Å². The van der Waals surface area contributed by atoms with Crippen LogP contribution < -0.4 is 0 Å². The van der Waals surface area contributed by atoms with Gasteiger partial charge in [-0.05, 0) is 80.6 Å². The molecule has 0 saturated carbocycles. The minimum atomic E-state index is -2.74. The molecule has 2 aliphatic rings. The number of carbonyl (C=O) groups is 5. The largest absolute Gasteiger partial charge is 0.481 e. The van der Waals surface area contributed by atoms with Crippen molar-refractivity contribution in [2.45, 2.75) is 68.9 Å². The normalized spacial score (nSPS) is 16.3. The smallest absolute Gasteiger partial charge is 0.336 e. The first kappa shape index (κ1) is 39.7. The van der Waals surface area contributed by atoms with Gasteiger partial charge in [-0.15, -0.1) is 0 Å². The lowest BCUT2D eigenvalue weighted by molar-refractivity contribution is -0.170. The van der Waals surface area contributed by atoms with E-state index in [9.17, 15) is 28.4 Å². The number of aliphatic carboxylic acids is 3. The van der Waals surface area contributed by atoms with Crippen molar-refractivity contribution in [1.29, 1.82) is 0 Å². The maximum Gasteiger partial charge on any atom is 0.336 e. The van der Waals surface area contributed by atoms with Crippen LogP contribution in [0.2, 0.25) is 10.0 Å². The van der Waals surface area contributed by atoms with Gasteiger partial charge in [0.15, 0.2) is 5.60 Å². The van der Waals surface area contributed by atoms with E-state index in [0.29, 0.717) is 40.5 Å². The number of likely N-dealkylation sites (N-methyl/N-ethyl adjacent to an activating group) is 1. The van der Waals surface area contributed by atoms with E-state index in [1.165, 1.54) is 24.3 Å². The quantitative estimate of drug-likeness (QED) is 0.228. The number of hydrogen-bond acceptors (Lipinski definition) is 7. The van der Waals surface area contributed by atoms with Crippen LogP contribution in [0.15, 0.2) is 42.5 Å². The first-order valence-electron chi connectivity index (χ1n) is 16.0. The summed E-state index contributed by atoms with van der Waals surface area (Å²) in [5.74, 6) is -5.15. The molecule has 1 atom stereocenters. The first-order chi connectivity index (χ1) is 23.1. The zero-order chi connectivity index (χ0) is 36.3. The van der Waals surface area contributed by atoms with Gasteiger partial charge in [-0.1, -0.05) is 29.3 Å². The highest BCUT2D eigenvalue weighted by Gasteiger charge is 2.40. The molecule has 12 nitrogen and oxygen atoms in total. The second kappa shape index (κ2) is 18.3.